The van der Waals surface area contributed by atoms with Crippen molar-refractivity contribution < 1.29 is 8.95 Å². The monoisotopic (exact) mass is 273 g/mol. The molecule has 94 valence electrons. The third-order valence-corrected chi connectivity index (χ3v) is 4.60. The highest BCUT2D eigenvalue weighted by atomic mass is 35.5. The first-order valence-corrected chi connectivity index (χ1v) is 7.50. The average Bonchev–Trinajstić information content (AvgIpc) is 2.34. The van der Waals surface area contributed by atoms with Crippen molar-refractivity contribution in [3.8, 4) is 5.75 Å². The number of rotatable bonds is 3. The molecule has 3 nitrogen and oxygen atoms in total. The van der Waals surface area contributed by atoms with E-state index in [1.165, 1.54) is 0 Å². The Kier molecular flexibility index (Phi) is 4.29. The predicted molar refractivity (Wildman–Crippen MR) is 72.5 cm³/mol. The second-order valence-electron chi connectivity index (χ2n) is 4.12. The summed E-state index contributed by atoms with van der Waals surface area (Å²) >= 11 is 5.97. The zero-order chi connectivity index (χ0) is 12.3. The number of nitrogens with one attached hydrogen (secondary N) is 1. The fourth-order valence-electron chi connectivity index (χ4n) is 1.92. The Labute approximate surface area is 109 Å². The van der Waals surface area contributed by atoms with Crippen molar-refractivity contribution in [3.05, 3.63) is 23.2 Å². The van der Waals surface area contributed by atoms with Crippen LogP contribution in [0.1, 0.15) is 12.8 Å². The lowest BCUT2D eigenvalue weighted by Crippen LogP contribution is -2.29. The third kappa shape index (κ3) is 3.36. The molecule has 0 atom stereocenters. The first-order chi connectivity index (χ1) is 8.19. The van der Waals surface area contributed by atoms with E-state index in [0.717, 1.165) is 30.0 Å². The van der Waals surface area contributed by atoms with Gasteiger partial charge < -0.3 is 10.1 Å². The maximum Gasteiger partial charge on any atom is 0.139 e. The molecule has 0 aliphatic carbocycles. The summed E-state index contributed by atoms with van der Waals surface area (Å²) in [4.78, 5) is 0. The first-order valence-electron chi connectivity index (χ1n) is 5.64. The van der Waals surface area contributed by atoms with Crippen LogP contribution < -0.4 is 10.1 Å². The van der Waals surface area contributed by atoms with E-state index in [4.69, 9.17) is 16.3 Å². The van der Waals surface area contributed by atoms with Gasteiger partial charge in [-0.1, -0.05) is 11.6 Å². The van der Waals surface area contributed by atoms with Gasteiger partial charge in [0.1, 0.15) is 5.75 Å². The summed E-state index contributed by atoms with van der Waals surface area (Å²) in [5.74, 6) is 2.26. The minimum atomic E-state index is -0.614. The van der Waals surface area contributed by atoms with Gasteiger partial charge in [-0.15, -0.1) is 0 Å². The van der Waals surface area contributed by atoms with Crippen LogP contribution in [-0.4, -0.2) is 28.9 Å². The van der Waals surface area contributed by atoms with Gasteiger partial charge in [-0.25, -0.2) is 0 Å². The number of halogens is 1. The number of methoxy groups -OCH3 is 1. The minimum absolute atomic E-state index is 0.401. The van der Waals surface area contributed by atoms with Gasteiger partial charge in [0.25, 0.3) is 0 Å². The Balaban J connectivity index is 2.01. The summed E-state index contributed by atoms with van der Waals surface area (Å²) in [6, 6.07) is 6.06. The quantitative estimate of drug-likeness (QED) is 0.920. The fraction of sp³-hybridized carbons (Fsp3) is 0.500. The van der Waals surface area contributed by atoms with Crippen LogP contribution in [0, 0.1) is 0 Å². The van der Waals surface area contributed by atoms with E-state index < -0.39 is 10.8 Å². The van der Waals surface area contributed by atoms with Crippen LogP contribution in [0.2, 0.25) is 5.02 Å². The Bertz CT molecular complexity index is 415. The van der Waals surface area contributed by atoms with Gasteiger partial charge in [0, 0.05) is 40.1 Å². The molecule has 1 aliphatic rings. The summed E-state index contributed by atoms with van der Waals surface area (Å²) in [5, 5.41) is 4.04. The zero-order valence-corrected chi connectivity index (χ0v) is 11.3. The van der Waals surface area contributed by atoms with E-state index >= 15 is 0 Å². The molecule has 1 N–H and O–H groups in total. The highest BCUT2D eigenvalue weighted by molar-refractivity contribution is 7.85. The minimum Gasteiger partial charge on any atom is -0.495 e. The fourth-order valence-corrected chi connectivity index (χ4v) is 3.42. The second kappa shape index (κ2) is 5.74. The van der Waals surface area contributed by atoms with Crippen molar-refractivity contribution in [1.82, 2.24) is 0 Å². The molecule has 1 aromatic carbocycles. The summed E-state index contributed by atoms with van der Waals surface area (Å²) in [6.07, 6.45) is 1.91. The van der Waals surface area contributed by atoms with Gasteiger partial charge in [0.15, 0.2) is 0 Å². The normalized spacial score (nSPS) is 24.4. The van der Waals surface area contributed by atoms with Crippen LogP contribution >= 0.6 is 11.6 Å². The van der Waals surface area contributed by atoms with Crippen molar-refractivity contribution >= 4 is 28.1 Å². The van der Waals surface area contributed by atoms with Crippen molar-refractivity contribution in [2.24, 2.45) is 0 Å². The highest BCUT2D eigenvalue weighted by Gasteiger charge is 2.17. The summed E-state index contributed by atoms with van der Waals surface area (Å²) in [6.45, 7) is 0. The van der Waals surface area contributed by atoms with E-state index in [-0.39, 0.29) is 0 Å². The molecule has 0 radical (unpaired) electrons. The molecule has 0 unspecified atom stereocenters. The zero-order valence-electron chi connectivity index (χ0n) is 9.74. The predicted octanol–water partition coefficient (Wildman–Crippen LogP) is 2.67. The second-order valence-corrected chi connectivity index (χ2v) is 6.22. The molecule has 1 heterocycles. The molecule has 1 saturated heterocycles. The summed E-state index contributed by atoms with van der Waals surface area (Å²) in [7, 11) is 0.992. The van der Waals surface area contributed by atoms with Crippen LogP contribution in [0.15, 0.2) is 18.2 Å². The molecule has 0 saturated carbocycles. The SMILES string of the molecule is COc1cc(NC2CCS(=O)CC2)ccc1Cl. The van der Waals surface area contributed by atoms with Crippen molar-refractivity contribution in [3.63, 3.8) is 0 Å². The van der Waals surface area contributed by atoms with Crippen molar-refractivity contribution in [2.75, 3.05) is 23.9 Å². The lowest BCUT2D eigenvalue weighted by atomic mass is 10.1. The van der Waals surface area contributed by atoms with Crippen molar-refractivity contribution in [1.29, 1.82) is 0 Å². The van der Waals surface area contributed by atoms with Gasteiger partial charge in [0.2, 0.25) is 0 Å². The van der Waals surface area contributed by atoms with E-state index in [1.807, 2.05) is 18.2 Å². The first kappa shape index (κ1) is 12.7. The molecule has 1 aliphatic heterocycles. The van der Waals surface area contributed by atoms with Gasteiger partial charge in [-0.05, 0) is 25.0 Å². The van der Waals surface area contributed by atoms with E-state index in [0.29, 0.717) is 16.8 Å². The topological polar surface area (TPSA) is 38.3 Å². The van der Waals surface area contributed by atoms with Gasteiger partial charge in [-0.2, -0.15) is 0 Å². The van der Waals surface area contributed by atoms with Gasteiger partial charge in [-0.3, -0.25) is 4.21 Å². The number of hydrogen-bond acceptors (Lipinski definition) is 3. The van der Waals surface area contributed by atoms with Gasteiger partial charge in [0.05, 0.1) is 12.1 Å². The maximum atomic E-state index is 11.3. The Morgan fingerprint density at radius 3 is 2.76 bits per heavy atom. The smallest absolute Gasteiger partial charge is 0.139 e. The van der Waals surface area contributed by atoms with Crippen LogP contribution in [0.4, 0.5) is 5.69 Å². The molecule has 5 heteroatoms. The van der Waals surface area contributed by atoms with Crippen LogP contribution in [0.5, 0.6) is 5.75 Å². The summed E-state index contributed by atoms with van der Waals surface area (Å²) < 4.78 is 16.4. The lowest BCUT2D eigenvalue weighted by Gasteiger charge is -2.23. The molecule has 17 heavy (non-hydrogen) atoms. The molecule has 1 aromatic rings. The lowest BCUT2D eigenvalue weighted by molar-refractivity contribution is 0.415. The Morgan fingerprint density at radius 1 is 1.41 bits per heavy atom. The van der Waals surface area contributed by atoms with Crippen molar-refractivity contribution in [2.45, 2.75) is 18.9 Å². The van der Waals surface area contributed by atoms with E-state index in [2.05, 4.69) is 5.32 Å². The molecule has 0 bridgehead atoms. The standard InChI is InChI=1S/C12H16ClNO2S/c1-16-12-8-10(2-3-11(12)13)14-9-4-6-17(15)7-5-9/h2-3,8-9,14H,4-7H2,1H3. The number of benzene rings is 1. The third-order valence-electron chi connectivity index (χ3n) is 2.91. The van der Waals surface area contributed by atoms with E-state index in [9.17, 15) is 4.21 Å². The summed E-state index contributed by atoms with van der Waals surface area (Å²) in [5.41, 5.74) is 1.00. The average molecular weight is 274 g/mol. The van der Waals surface area contributed by atoms with Gasteiger partial charge >= 0.3 is 0 Å². The molecule has 1 fully saturated rings. The number of anilines is 1. The Morgan fingerprint density at radius 2 is 2.12 bits per heavy atom. The van der Waals surface area contributed by atoms with Crippen LogP contribution in [-0.2, 0) is 10.8 Å². The largest absolute Gasteiger partial charge is 0.495 e. The molecular formula is C12H16ClNO2S. The van der Waals surface area contributed by atoms with Crippen LogP contribution in [0.3, 0.4) is 0 Å². The van der Waals surface area contributed by atoms with E-state index in [1.54, 1.807) is 7.11 Å². The maximum absolute atomic E-state index is 11.3. The molecular weight excluding hydrogens is 258 g/mol. The number of ether oxygens (including phenoxy) is 1. The Hall–Kier alpha value is -0.740. The molecule has 2 rings (SSSR count). The highest BCUT2D eigenvalue weighted by Crippen LogP contribution is 2.28. The molecule has 0 spiro atoms. The van der Waals surface area contributed by atoms with Crippen LogP contribution in [0.25, 0.3) is 0 Å². The molecule has 0 aromatic heterocycles. The number of hydrogen-bond donors (Lipinski definition) is 1. The molecule has 0 amide bonds.